The predicted octanol–water partition coefficient (Wildman–Crippen LogP) is 3.21. The van der Waals surface area contributed by atoms with E-state index in [1.54, 1.807) is 12.1 Å². The molecule has 0 saturated carbocycles. The summed E-state index contributed by atoms with van der Waals surface area (Å²) in [6, 6.07) is 6.71. The third-order valence-corrected chi connectivity index (χ3v) is 5.42. The zero-order valence-electron chi connectivity index (χ0n) is 15.1. The van der Waals surface area contributed by atoms with Crippen LogP contribution in [-0.4, -0.2) is 54.6 Å². The molecule has 2 saturated heterocycles. The van der Waals surface area contributed by atoms with E-state index in [9.17, 15) is 9.18 Å². The summed E-state index contributed by atoms with van der Waals surface area (Å²) < 4.78 is 19.7. The maximum atomic E-state index is 13.9. The second-order valence-corrected chi connectivity index (χ2v) is 7.26. The van der Waals surface area contributed by atoms with Crippen LogP contribution in [0.4, 0.5) is 4.39 Å². The molecule has 2 fully saturated rings. The molecule has 0 aromatic heterocycles. The van der Waals surface area contributed by atoms with Crippen LogP contribution in [0.1, 0.15) is 44.1 Å². The highest BCUT2D eigenvalue weighted by atomic mass is 19.1. The fraction of sp³-hybridized carbons (Fsp3) is 0.650. The standard InChI is InChI=1S/C20H29FN2O2/c1-22(13-11-17-8-4-5-14-25-17)20(24)19-10-6-12-23(19)15-16-7-2-3-9-18(16)21/h2-3,7,9,17,19H,4-6,8,10-15H2,1H3. The van der Waals surface area contributed by atoms with Gasteiger partial charge in [0.2, 0.25) is 5.91 Å². The molecule has 25 heavy (non-hydrogen) atoms. The zero-order valence-corrected chi connectivity index (χ0v) is 15.1. The van der Waals surface area contributed by atoms with Gasteiger partial charge in [0.25, 0.3) is 0 Å². The zero-order chi connectivity index (χ0) is 17.6. The van der Waals surface area contributed by atoms with Gasteiger partial charge in [-0.3, -0.25) is 9.69 Å². The van der Waals surface area contributed by atoms with Gasteiger partial charge < -0.3 is 9.64 Å². The molecule has 0 N–H and O–H groups in total. The van der Waals surface area contributed by atoms with Gasteiger partial charge in [-0.15, -0.1) is 0 Å². The first kappa shape index (κ1) is 18.3. The number of hydrogen-bond donors (Lipinski definition) is 0. The van der Waals surface area contributed by atoms with Gasteiger partial charge in [-0.1, -0.05) is 18.2 Å². The molecule has 4 nitrogen and oxygen atoms in total. The molecular weight excluding hydrogens is 319 g/mol. The topological polar surface area (TPSA) is 32.8 Å². The van der Waals surface area contributed by atoms with Crippen molar-refractivity contribution >= 4 is 5.91 Å². The van der Waals surface area contributed by atoms with Crippen molar-refractivity contribution < 1.29 is 13.9 Å². The molecule has 1 aromatic rings. The second-order valence-electron chi connectivity index (χ2n) is 7.26. The lowest BCUT2D eigenvalue weighted by atomic mass is 10.1. The van der Waals surface area contributed by atoms with Crippen LogP contribution in [-0.2, 0) is 16.1 Å². The number of carbonyl (C=O) groups is 1. The number of rotatable bonds is 6. The fourth-order valence-corrected chi connectivity index (χ4v) is 3.88. The maximum absolute atomic E-state index is 13.9. The highest BCUT2D eigenvalue weighted by Gasteiger charge is 2.33. The molecule has 2 heterocycles. The Kier molecular flexibility index (Phi) is 6.43. The van der Waals surface area contributed by atoms with Crippen LogP contribution >= 0.6 is 0 Å². The lowest BCUT2D eigenvalue weighted by Gasteiger charge is -2.30. The highest BCUT2D eigenvalue weighted by Crippen LogP contribution is 2.23. The van der Waals surface area contributed by atoms with Crippen LogP contribution in [0.25, 0.3) is 0 Å². The SMILES string of the molecule is CN(CCC1CCCCO1)C(=O)C1CCCN1Cc1ccccc1F. The second kappa shape index (κ2) is 8.77. The molecule has 138 valence electrons. The van der Waals surface area contributed by atoms with Crippen molar-refractivity contribution in [3.8, 4) is 0 Å². The number of likely N-dealkylation sites (tertiary alicyclic amines) is 1. The molecular formula is C20H29FN2O2. The van der Waals surface area contributed by atoms with Gasteiger partial charge in [-0.2, -0.15) is 0 Å². The van der Waals surface area contributed by atoms with Crippen LogP contribution in [0.2, 0.25) is 0 Å². The summed E-state index contributed by atoms with van der Waals surface area (Å²) in [6.07, 6.45) is 6.52. The van der Waals surface area contributed by atoms with Crippen molar-refractivity contribution in [1.29, 1.82) is 0 Å². The van der Waals surface area contributed by atoms with E-state index >= 15 is 0 Å². The molecule has 5 heteroatoms. The summed E-state index contributed by atoms with van der Waals surface area (Å²) in [7, 11) is 1.88. The van der Waals surface area contributed by atoms with Crippen molar-refractivity contribution in [2.24, 2.45) is 0 Å². The quantitative estimate of drug-likeness (QED) is 0.791. The Morgan fingerprint density at radius 3 is 2.88 bits per heavy atom. The molecule has 3 rings (SSSR count). The number of benzene rings is 1. The number of amides is 1. The minimum absolute atomic E-state index is 0.128. The largest absolute Gasteiger partial charge is 0.378 e. The Hall–Kier alpha value is -1.46. The van der Waals surface area contributed by atoms with E-state index in [1.807, 2.05) is 18.0 Å². The van der Waals surface area contributed by atoms with E-state index in [0.717, 1.165) is 51.8 Å². The average Bonchev–Trinajstić information content (AvgIpc) is 3.10. The van der Waals surface area contributed by atoms with Crippen LogP contribution in [0.15, 0.2) is 24.3 Å². The minimum atomic E-state index is -0.191. The normalized spacial score (nSPS) is 24.4. The van der Waals surface area contributed by atoms with Gasteiger partial charge in [0.15, 0.2) is 0 Å². The van der Waals surface area contributed by atoms with Crippen LogP contribution in [0.5, 0.6) is 0 Å². The van der Waals surface area contributed by atoms with Crippen molar-refractivity contribution in [2.75, 3.05) is 26.7 Å². The molecule has 2 aliphatic heterocycles. The van der Waals surface area contributed by atoms with E-state index in [4.69, 9.17) is 4.74 Å². The van der Waals surface area contributed by atoms with Crippen LogP contribution in [0, 0.1) is 5.82 Å². The first-order valence-electron chi connectivity index (χ1n) is 9.49. The van der Waals surface area contributed by atoms with Crippen LogP contribution < -0.4 is 0 Å². The summed E-state index contributed by atoms with van der Waals surface area (Å²) >= 11 is 0. The number of carbonyl (C=O) groups excluding carboxylic acids is 1. The Morgan fingerprint density at radius 1 is 1.28 bits per heavy atom. The van der Waals surface area contributed by atoms with Crippen molar-refractivity contribution in [3.63, 3.8) is 0 Å². The lowest BCUT2D eigenvalue weighted by molar-refractivity contribution is -0.135. The Labute approximate surface area is 149 Å². The molecule has 0 aliphatic carbocycles. The Balaban J connectivity index is 1.53. The van der Waals surface area contributed by atoms with Gasteiger partial charge in [0.05, 0.1) is 12.1 Å². The summed E-state index contributed by atoms with van der Waals surface area (Å²) in [5, 5.41) is 0. The summed E-state index contributed by atoms with van der Waals surface area (Å²) in [4.78, 5) is 16.8. The first-order chi connectivity index (χ1) is 12.1. The number of likely N-dealkylation sites (N-methyl/N-ethyl adjacent to an activating group) is 1. The summed E-state index contributed by atoms with van der Waals surface area (Å²) in [5.41, 5.74) is 0.667. The molecule has 2 unspecified atom stereocenters. The van der Waals surface area contributed by atoms with Gasteiger partial charge >= 0.3 is 0 Å². The monoisotopic (exact) mass is 348 g/mol. The van der Waals surface area contributed by atoms with Crippen molar-refractivity contribution in [3.05, 3.63) is 35.6 Å². The summed E-state index contributed by atoms with van der Waals surface area (Å²) in [5.74, 6) is -0.0342. The number of ether oxygens (including phenoxy) is 1. The predicted molar refractivity (Wildman–Crippen MR) is 95.7 cm³/mol. The number of halogens is 1. The molecule has 2 aliphatic rings. The van der Waals surface area contributed by atoms with E-state index < -0.39 is 0 Å². The van der Waals surface area contributed by atoms with Gasteiger partial charge in [-0.05, 0) is 51.1 Å². The molecule has 1 amide bonds. The van der Waals surface area contributed by atoms with E-state index in [-0.39, 0.29) is 17.8 Å². The Bertz CT molecular complexity index is 575. The fourth-order valence-electron chi connectivity index (χ4n) is 3.88. The van der Waals surface area contributed by atoms with Gasteiger partial charge in [0, 0.05) is 32.3 Å². The number of nitrogens with zero attached hydrogens (tertiary/aromatic N) is 2. The van der Waals surface area contributed by atoms with Gasteiger partial charge in [0.1, 0.15) is 5.82 Å². The van der Waals surface area contributed by atoms with Crippen LogP contribution in [0.3, 0.4) is 0 Å². The summed E-state index contributed by atoms with van der Waals surface area (Å²) in [6.45, 7) is 2.93. The highest BCUT2D eigenvalue weighted by molar-refractivity contribution is 5.82. The van der Waals surface area contributed by atoms with Crippen molar-refractivity contribution in [1.82, 2.24) is 9.80 Å². The smallest absolute Gasteiger partial charge is 0.239 e. The number of hydrogen-bond acceptors (Lipinski definition) is 3. The molecule has 0 radical (unpaired) electrons. The third-order valence-electron chi connectivity index (χ3n) is 5.42. The van der Waals surface area contributed by atoms with Crippen molar-refractivity contribution in [2.45, 2.75) is 57.2 Å². The van der Waals surface area contributed by atoms with E-state index in [2.05, 4.69) is 4.90 Å². The molecule has 0 bridgehead atoms. The average molecular weight is 348 g/mol. The molecule has 2 atom stereocenters. The Morgan fingerprint density at radius 2 is 2.12 bits per heavy atom. The third kappa shape index (κ3) is 4.79. The molecule has 0 spiro atoms. The minimum Gasteiger partial charge on any atom is -0.378 e. The first-order valence-corrected chi connectivity index (χ1v) is 9.49. The maximum Gasteiger partial charge on any atom is 0.239 e. The molecule has 1 aromatic carbocycles. The lowest BCUT2D eigenvalue weighted by Crippen LogP contribution is -2.44. The van der Waals surface area contributed by atoms with E-state index in [1.165, 1.54) is 12.5 Å². The van der Waals surface area contributed by atoms with Gasteiger partial charge in [-0.25, -0.2) is 4.39 Å². The van der Waals surface area contributed by atoms with E-state index in [0.29, 0.717) is 18.2 Å².